The number of carbonyl (C=O) groups excluding carboxylic acids is 1. The molecule has 1 saturated carbocycles. The first kappa shape index (κ1) is 10.2. The van der Waals surface area contributed by atoms with E-state index in [9.17, 15) is 4.79 Å². The van der Waals surface area contributed by atoms with Crippen LogP contribution in [0.5, 0.6) is 0 Å². The van der Waals surface area contributed by atoms with Gasteiger partial charge in [0, 0.05) is 5.92 Å². The Bertz CT molecular complexity index is 190. The van der Waals surface area contributed by atoms with Crippen LogP contribution in [0, 0.1) is 5.92 Å². The Morgan fingerprint density at radius 1 is 1.33 bits per heavy atom. The summed E-state index contributed by atoms with van der Waals surface area (Å²) in [7, 11) is 0. The van der Waals surface area contributed by atoms with Crippen LogP contribution in [0.25, 0.3) is 0 Å². The molecule has 0 bridgehead atoms. The van der Waals surface area contributed by atoms with Gasteiger partial charge in [0.15, 0.2) is 5.78 Å². The van der Waals surface area contributed by atoms with Crippen LogP contribution in [0.15, 0.2) is 9.66 Å². The minimum Gasteiger partial charge on any atom is -0.293 e. The van der Waals surface area contributed by atoms with Gasteiger partial charge in [-0.2, -0.15) is 0 Å². The van der Waals surface area contributed by atoms with Gasteiger partial charge in [0.1, 0.15) is 0 Å². The second-order valence-electron chi connectivity index (χ2n) is 3.34. The standard InChI is InChI=1S/C10H15IO/c1-2-9(11)10(12)8-6-4-3-5-7-8/h2,8H,3-7H2,1H3/b9-2-. The second kappa shape index (κ2) is 5.00. The van der Waals surface area contributed by atoms with Crippen LogP contribution >= 0.6 is 22.6 Å². The minimum absolute atomic E-state index is 0.335. The lowest BCUT2D eigenvalue weighted by molar-refractivity contribution is -0.119. The Hall–Kier alpha value is 0.140. The lowest BCUT2D eigenvalue weighted by Crippen LogP contribution is -2.17. The van der Waals surface area contributed by atoms with Crippen molar-refractivity contribution in [3.63, 3.8) is 0 Å². The van der Waals surface area contributed by atoms with Crippen LogP contribution < -0.4 is 0 Å². The molecule has 0 N–H and O–H groups in total. The Morgan fingerprint density at radius 3 is 2.42 bits per heavy atom. The van der Waals surface area contributed by atoms with E-state index in [0.717, 1.165) is 16.4 Å². The van der Waals surface area contributed by atoms with Gasteiger partial charge in [-0.15, -0.1) is 0 Å². The summed E-state index contributed by atoms with van der Waals surface area (Å²) >= 11 is 2.15. The van der Waals surface area contributed by atoms with E-state index in [-0.39, 0.29) is 0 Å². The van der Waals surface area contributed by atoms with E-state index in [4.69, 9.17) is 0 Å². The molecule has 1 aliphatic rings. The Kier molecular flexibility index (Phi) is 4.26. The molecule has 0 saturated heterocycles. The summed E-state index contributed by atoms with van der Waals surface area (Å²) in [5.41, 5.74) is 0. The summed E-state index contributed by atoms with van der Waals surface area (Å²) in [5, 5.41) is 0. The van der Waals surface area contributed by atoms with E-state index < -0.39 is 0 Å². The summed E-state index contributed by atoms with van der Waals surface area (Å²) in [6, 6.07) is 0. The smallest absolute Gasteiger partial charge is 0.171 e. The van der Waals surface area contributed by atoms with Crippen molar-refractivity contribution < 1.29 is 4.79 Å². The molecule has 0 unspecified atom stereocenters. The van der Waals surface area contributed by atoms with Crippen molar-refractivity contribution in [1.82, 2.24) is 0 Å². The van der Waals surface area contributed by atoms with Crippen molar-refractivity contribution >= 4 is 28.4 Å². The lowest BCUT2D eigenvalue weighted by atomic mass is 9.86. The molecular weight excluding hydrogens is 263 g/mol. The highest BCUT2D eigenvalue weighted by Crippen LogP contribution is 2.28. The zero-order valence-corrected chi connectivity index (χ0v) is 9.63. The van der Waals surface area contributed by atoms with Gasteiger partial charge in [0.2, 0.25) is 0 Å². The molecule has 0 atom stereocenters. The maximum atomic E-state index is 11.7. The minimum atomic E-state index is 0.335. The first-order valence-corrected chi connectivity index (χ1v) is 5.69. The van der Waals surface area contributed by atoms with Crippen LogP contribution in [0.3, 0.4) is 0 Å². The molecule has 1 rings (SSSR count). The largest absolute Gasteiger partial charge is 0.293 e. The third-order valence-electron chi connectivity index (χ3n) is 2.46. The molecule has 0 radical (unpaired) electrons. The highest BCUT2D eigenvalue weighted by atomic mass is 127. The molecule has 1 aliphatic carbocycles. The third kappa shape index (κ3) is 2.57. The molecule has 0 aliphatic heterocycles. The number of carbonyl (C=O) groups is 1. The molecule has 2 heteroatoms. The van der Waals surface area contributed by atoms with Crippen LogP contribution in [0.4, 0.5) is 0 Å². The van der Waals surface area contributed by atoms with Crippen molar-refractivity contribution in [2.45, 2.75) is 39.0 Å². The molecule has 1 nitrogen and oxygen atoms in total. The van der Waals surface area contributed by atoms with Crippen molar-refractivity contribution in [2.75, 3.05) is 0 Å². The van der Waals surface area contributed by atoms with E-state index >= 15 is 0 Å². The zero-order valence-electron chi connectivity index (χ0n) is 7.48. The van der Waals surface area contributed by atoms with Gasteiger partial charge in [0.05, 0.1) is 3.58 Å². The fourth-order valence-corrected chi connectivity index (χ4v) is 2.14. The average molecular weight is 278 g/mol. The highest BCUT2D eigenvalue weighted by molar-refractivity contribution is 14.1. The van der Waals surface area contributed by atoms with Crippen LogP contribution in [0.2, 0.25) is 0 Å². The third-order valence-corrected chi connectivity index (χ3v) is 3.62. The topological polar surface area (TPSA) is 17.1 Å². The number of allylic oxidation sites excluding steroid dienone is 2. The quantitative estimate of drug-likeness (QED) is 0.558. The summed E-state index contributed by atoms with van der Waals surface area (Å²) < 4.78 is 0.916. The van der Waals surface area contributed by atoms with Gasteiger partial charge in [0.25, 0.3) is 0 Å². The second-order valence-corrected chi connectivity index (χ2v) is 4.50. The molecule has 0 aromatic heterocycles. The number of ketones is 1. The van der Waals surface area contributed by atoms with E-state index in [1.807, 2.05) is 13.0 Å². The van der Waals surface area contributed by atoms with Gasteiger partial charge < -0.3 is 0 Å². The predicted molar refractivity (Wildman–Crippen MR) is 59.4 cm³/mol. The fourth-order valence-electron chi connectivity index (χ4n) is 1.70. The first-order chi connectivity index (χ1) is 5.75. The molecule has 1 fully saturated rings. The van der Waals surface area contributed by atoms with Crippen LogP contribution in [0.1, 0.15) is 39.0 Å². The highest BCUT2D eigenvalue weighted by Gasteiger charge is 2.21. The molecule has 0 aromatic rings. The summed E-state index contributed by atoms with van der Waals surface area (Å²) in [5.74, 6) is 0.708. The summed E-state index contributed by atoms with van der Waals surface area (Å²) in [6.45, 7) is 1.93. The van der Waals surface area contributed by atoms with Gasteiger partial charge in [-0.05, 0) is 42.4 Å². The van der Waals surface area contributed by atoms with Crippen molar-refractivity contribution in [1.29, 1.82) is 0 Å². The van der Waals surface area contributed by atoms with E-state index in [0.29, 0.717) is 11.7 Å². The maximum Gasteiger partial charge on any atom is 0.171 e. The molecular formula is C10H15IO. The van der Waals surface area contributed by atoms with Gasteiger partial charge in [-0.3, -0.25) is 4.79 Å². The van der Waals surface area contributed by atoms with Gasteiger partial charge in [-0.25, -0.2) is 0 Å². The normalized spacial score (nSPS) is 21.0. The number of Topliss-reactive ketones (excluding diaryl/α,β-unsaturated/α-hetero) is 1. The Labute approximate surface area is 87.8 Å². The van der Waals surface area contributed by atoms with E-state index in [1.165, 1.54) is 19.3 Å². The van der Waals surface area contributed by atoms with Gasteiger partial charge in [-0.1, -0.05) is 25.3 Å². The fraction of sp³-hybridized carbons (Fsp3) is 0.700. The summed E-state index contributed by atoms with van der Waals surface area (Å²) in [4.78, 5) is 11.7. The molecule has 0 heterocycles. The van der Waals surface area contributed by atoms with Crippen molar-refractivity contribution in [3.05, 3.63) is 9.66 Å². The van der Waals surface area contributed by atoms with Crippen molar-refractivity contribution in [3.8, 4) is 0 Å². The summed E-state index contributed by atoms with van der Waals surface area (Å²) in [6.07, 6.45) is 7.93. The molecule has 0 amide bonds. The lowest BCUT2D eigenvalue weighted by Gasteiger charge is -2.19. The molecule has 68 valence electrons. The van der Waals surface area contributed by atoms with Crippen LogP contribution in [-0.2, 0) is 4.79 Å². The number of rotatable bonds is 2. The Morgan fingerprint density at radius 2 is 1.92 bits per heavy atom. The maximum absolute atomic E-state index is 11.7. The Balaban J connectivity index is 2.51. The SMILES string of the molecule is C/C=C(\I)C(=O)C1CCCCC1. The van der Waals surface area contributed by atoms with Crippen LogP contribution in [-0.4, -0.2) is 5.78 Å². The average Bonchev–Trinajstić information content (AvgIpc) is 2.17. The molecule has 0 spiro atoms. The molecule has 0 aromatic carbocycles. The van der Waals surface area contributed by atoms with E-state index in [2.05, 4.69) is 22.6 Å². The zero-order chi connectivity index (χ0) is 8.97. The number of hydrogen-bond donors (Lipinski definition) is 0. The monoisotopic (exact) mass is 278 g/mol. The molecule has 12 heavy (non-hydrogen) atoms. The first-order valence-electron chi connectivity index (χ1n) is 4.61. The van der Waals surface area contributed by atoms with Crippen molar-refractivity contribution in [2.24, 2.45) is 5.92 Å². The number of hydrogen-bond acceptors (Lipinski definition) is 1. The predicted octanol–water partition coefficient (Wildman–Crippen LogP) is 3.47. The van der Waals surface area contributed by atoms with E-state index in [1.54, 1.807) is 0 Å². The number of halogens is 1. The van der Waals surface area contributed by atoms with Gasteiger partial charge >= 0.3 is 0 Å².